The van der Waals surface area contributed by atoms with E-state index >= 15 is 0 Å². The van der Waals surface area contributed by atoms with Gasteiger partial charge in [0.05, 0.1) is 0 Å². The standard InChI is InChI=1S/C12H17NSSi/c1-13(10-11-14-15(2,3)4)12-8-6-5-7-9-12/h5-9H,1-4H3. The van der Waals surface area contributed by atoms with Crippen molar-refractivity contribution in [2.45, 2.75) is 19.6 Å². The molecule has 0 amide bonds. The number of para-hydroxylation sites is 1. The normalized spacial score (nSPS) is 10.4. The summed E-state index contributed by atoms with van der Waals surface area (Å²) in [5, 5.41) is 3.18. The van der Waals surface area contributed by atoms with E-state index < -0.39 is 7.22 Å². The van der Waals surface area contributed by atoms with Gasteiger partial charge in [0, 0.05) is 18.8 Å². The minimum absolute atomic E-state index is 1.11. The number of hydrogen-bond acceptors (Lipinski definition) is 2. The largest absolute Gasteiger partial charge is 0.304 e. The van der Waals surface area contributed by atoms with Gasteiger partial charge in [-0.05, 0) is 17.4 Å². The SMILES string of the molecule is CN(C#CS[Si](C)(C)C)c1ccccc1. The van der Waals surface area contributed by atoms with Gasteiger partial charge in [0.15, 0.2) is 0 Å². The fraction of sp³-hybridized carbons (Fsp3) is 0.333. The summed E-state index contributed by atoms with van der Waals surface area (Å²) in [6, 6.07) is 13.3. The average molecular weight is 235 g/mol. The van der Waals surface area contributed by atoms with Crippen LogP contribution in [0.5, 0.6) is 0 Å². The molecular weight excluding hydrogens is 218 g/mol. The Morgan fingerprint density at radius 1 is 1.13 bits per heavy atom. The third-order valence-corrected chi connectivity index (χ3v) is 4.66. The van der Waals surface area contributed by atoms with Crippen molar-refractivity contribution in [3.63, 3.8) is 0 Å². The highest BCUT2D eigenvalue weighted by Crippen LogP contribution is 2.17. The van der Waals surface area contributed by atoms with Crippen molar-refractivity contribution in [2.75, 3.05) is 11.9 Å². The van der Waals surface area contributed by atoms with Crippen LogP contribution in [0.2, 0.25) is 19.6 Å². The van der Waals surface area contributed by atoms with Crippen LogP contribution in [0.25, 0.3) is 0 Å². The topological polar surface area (TPSA) is 3.24 Å². The van der Waals surface area contributed by atoms with Gasteiger partial charge in [-0.1, -0.05) is 37.8 Å². The van der Waals surface area contributed by atoms with Gasteiger partial charge in [-0.15, -0.1) is 11.2 Å². The second-order valence-electron chi connectivity index (χ2n) is 4.32. The van der Waals surface area contributed by atoms with Crippen LogP contribution in [0.3, 0.4) is 0 Å². The molecule has 0 aliphatic carbocycles. The molecule has 80 valence electrons. The molecule has 1 nitrogen and oxygen atoms in total. The molecule has 0 atom stereocenters. The Morgan fingerprint density at radius 2 is 1.73 bits per heavy atom. The predicted molar refractivity (Wildman–Crippen MR) is 73.6 cm³/mol. The Morgan fingerprint density at radius 3 is 2.27 bits per heavy atom. The lowest BCUT2D eigenvalue weighted by atomic mass is 10.3. The molecule has 1 aromatic rings. The number of anilines is 1. The lowest BCUT2D eigenvalue weighted by molar-refractivity contribution is 1.25. The van der Waals surface area contributed by atoms with Crippen LogP contribution in [-0.4, -0.2) is 14.3 Å². The number of rotatable bonds is 2. The summed E-state index contributed by atoms with van der Waals surface area (Å²) < 4.78 is 0. The maximum absolute atomic E-state index is 3.18. The maximum Gasteiger partial charge on any atom is 0.125 e. The van der Waals surface area contributed by atoms with Crippen molar-refractivity contribution in [2.24, 2.45) is 0 Å². The first-order valence-electron chi connectivity index (χ1n) is 4.96. The third kappa shape index (κ3) is 4.96. The summed E-state index contributed by atoms with van der Waals surface area (Å²) in [7, 11) is 0.885. The molecule has 0 bridgehead atoms. The van der Waals surface area contributed by atoms with Crippen molar-refractivity contribution in [3.8, 4) is 11.3 Å². The van der Waals surface area contributed by atoms with E-state index in [4.69, 9.17) is 0 Å². The molecule has 0 unspecified atom stereocenters. The molecule has 1 aromatic carbocycles. The zero-order valence-electron chi connectivity index (χ0n) is 9.74. The molecule has 0 spiro atoms. The fourth-order valence-electron chi connectivity index (χ4n) is 0.961. The molecule has 0 aliphatic heterocycles. The zero-order valence-corrected chi connectivity index (χ0v) is 11.6. The zero-order chi connectivity index (χ0) is 11.3. The van der Waals surface area contributed by atoms with E-state index in [1.165, 1.54) is 0 Å². The summed E-state index contributed by atoms with van der Waals surface area (Å²) in [6.45, 7) is 6.90. The minimum Gasteiger partial charge on any atom is -0.304 e. The Labute approximate surface area is 97.5 Å². The first-order valence-corrected chi connectivity index (χ1v) is 10.0. The highest BCUT2D eigenvalue weighted by molar-refractivity contribution is 8.32. The van der Waals surface area contributed by atoms with Crippen molar-refractivity contribution in [1.29, 1.82) is 0 Å². The van der Waals surface area contributed by atoms with E-state index in [9.17, 15) is 0 Å². The van der Waals surface area contributed by atoms with E-state index in [0.29, 0.717) is 0 Å². The van der Waals surface area contributed by atoms with Gasteiger partial charge in [0.1, 0.15) is 7.22 Å². The van der Waals surface area contributed by atoms with Crippen molar-refractivity contribution < 1.29 is 0 Å². The second-order valence-corrected chi connectivity index (χ2v) is 13.2. The quantitative estimate of drug-likeness (QED) is 0.438. The van der Waals surface area contributed by atoms with Gasteiger partial charge in [0.2, 0.25) is 0 Å². The molecule has 0 N–H and O–H groups in total. The van der Waals surface area contributed by atoms with Crippen molar-refractivity contribution >= 4 is 24.1 Å². The Kier molecular flexibility index (Phi) is 4.31. The fourth-order valence-corrected chi connectivity index (χ4v) is 2.50. The molecule has 15 heavy (non-hydrogen) atoms. The van der Waals surface area contributed by atoms with E-state index in [0.717, 1.165) is 5.69 Å². The van der Waals surface area contributed by atoms with E-state index in [2.05, 4.69) is 43.1 Å². The molecule has 0 heterocycles. The minimum atomic E-state index is -1.11. The van der Waals surface area contributed by atoms with Crippen LogP contribution in [0.15, 0.2) is 30.3 Å². The Bertz CT molecular complexity index is 359. The molecule has 0 aromatic heterocycles. The van der Waals surface area contributed by atoms with Gasteiger partial charge >= 0.3 is 0 Å². The molecule has 0 fully saturated rings. The van der Waals surface area contributed by atoms with Gasteiger partial charge in [-0.25, -0.2) is 0 Å². The molecule has 0 radical (unpaired) electrons. The third-order valence-electron chi connectivity index (χ3n) is 1.71. The Hall–Kier alpha value is -0.853. The van der Waals surface area contributed by atoms with Crippen molar-refractivity contribution in [3.05, 3.63) is 30.3 Å². The lowest BCUT2D eigenvalue weighted by Gasteiger charge is -2.11. The van der Waals surface area contributed by atoms with Crippen LogP contribution in [-0.2, 0) is 0 Å². The monoisotopic (exact) mass is 235 g/mol. The smallest absolute Gasteiger partial charge is 0.125 e. The molecule has 0 aliphatic rings. The lowest BCUT2D eigenvalue weighted by Crippen LogP contribution is -2.13. The van der Waals surface area contributed by atoms with E-state index in [1.807, 2.05) is 30.1 Å². The van der Waals surface area contributed by atoms with Crippen LogP contribution >= 0.6 is 11.2 Å². The number of benzene rings is 1. The van der Waals surface area contributed by atoms with E-state index in [1.54, 1.807) is 11.2 Å². The summed E-state index contributed by atoms with van der Waals surface area (Å²) in [5.74, 6) is 0. The van der Waals surface area contributed by atoms with Gasteiger partial charge in [-0.3, -0.25) is 0 Å². The average Bonchev–Trinajstić information content (AvgIpc) is 2.17. The molecule has 3 heteroatoms. The van der Waals surface area contributed by atoms with Crippen LogP contribution in [0, 0.1) is 11.3 Å². The molecule has 1 rings (SSSR count). The van der Waals surface area contributed by atoms with Crippen LogP contribution in [0.4, 0.5) is 5.69 Å². The highest BCUT2D eigenvalue weighted by Gasteiger charge is 2.11. The highest BCUT2D eigenvalue weighted by atomic mass is 32.4. The van der Waals surface area contributed by atoms with Gasteiger partial charge < -0.3 is 4.90 Å². The summed E-state index contributed by atoms with van der Waals surface area (Å²) in [4.78, 5) is 1.97. The molecular formula is C12H17NSSi. The van der Waals surface area contributed by atoms with Crippen LogP contribution in [0.1, 0.15) is 0 Å². The summed E-state index contributed by atoms with van der Waals surface area (Å²) in [6.07, 6.45) is 0. The predicted octanol–water partition coefficient (Wildman–Crippen LogP) is 3.61. The number of nitrogens with zero attached hydrogens (tertiary/aromatic N) is 1. The van der Waals surface area contributed by atoms with Gasteiger partial charge in [0.25, 0.3) is 0 Å². The maximum atomic E-state index is 3.18. The van der Waals surface area contributed by atoms with Crippen LogP contribution < -0.4 is 4.90 Å². The van der Waals surface area contributed by atoms with E-state index in [-0.39, 0.29) is 0 Å². The summed E-state index contributed by atoms with van der Waals surface area (Å²) in [5.41, 5.74) is 1.14. The Balaban J connectivity index is 2.60. The second kappa shape index (κ2) is 5.29. The van der Waals surface area contributed by atoms with Crippen molar-refractivity contribution in [1.82, 2.24) is 0 Å². The molecule has 0 saturated heterocycles. The summed E-state index contributed by atoms with van der Waals surface area (Å²) >= 11 is 1.79. The first-order chi connectivity index (χ1) is 6.99. The number of hydrogen-bond donors (Lipinski definition) is 0. The molecule has 0 saturated carbocycles. The first kappa shape index (κ1) is 12.2. The van der Waals surface area contributed by atoms with Gasteiger partial charge in [-0.2, -0.15) is 0 Å².